The van der Waals surface area contributed by atoms with Crippen LogP contribution in [0, 0.1) is 5.41 Å². The maximum absolute atomic E-state index is 11.8. The van der Waals surface area contributed by atoms with Crippen molar-refractivity contribution in [3.8, 4) is 0 Å². The van der Waals surface area contributed by atoms with Crippen LogP contribution in [0.4, 0.5) is 0 Å². The second kappa shape index (κ2) is 5.81. The first-order chi connectivity index (χ1) is 7.67. The zero-order valence-electron chi connectivity index (χ0n) is 9.58. The van der Waals surface area contributed by atoms with Crippen LogP contribution in [0.1, 0.15) is 6.42 Å². The van der Waals surface area contributed by atoms with E-state index >= 15 is 0 Å². The van der Waals surface area contributed by atoms with E-state index in [1.165, 1.54) is 7.11 Å². The third-order valence-electron chi connectivity index (χ3n) is 2.52. The summed E-state index contributed by atoms with van der Waals surface area (Å²) in [6.07, 6.45) is 0.709. The molecule has 0 aromatic rings. The third kappa shape index (κ3) is 2.51. The van der Waals surface area contributed by atoms with Crippen molar-refractivity contribution in [1.29, 1.82) is 0 Å². The second-order valence-corrected chi connectivity index (χ2v) is 3.67. The molecule has 1 rings (SSSR count). The van der Waals surface area contributed by atoms with Crippen LogP contribution in [-0.2, 0) is 23.8 Å². The fourth-order valence-corrected chi connectivity index (χ4v) is 1.43. The van der Waals surface area contributed by atoms with Crippen LogP contribution >= 0.6 is 0 Å². The summed E-state index contributed by atoms with van der Waals surface area (Å²) in [5.74, 6) is -0.871. The van der Waals surface area contributed by atoms with E-state index in [-0.39, 0.29) is 19.1 Å². The molecule has 1 fully saturated rings. The molecule has 0 atom stereocenters. The van der Waals surface area contributed by atoms with Crippen molar-refractivity contribution in [1.82, 2.24) is 5.32 Å². The van der Waals surface area contributed by atoms with Crippen molar-refractivity contribution in [3.63, 3.8) is 0 Å². The average Bonchev–Trinajstić information content (AvgIpc) is 2.22. The van der Waals surface area contributed by atoms with Gasteiger partial charge in [-0.1, -0.05) is 0 Å². The van der Waals surface area contributed by atoms with Gasteiger partial charge >= 0.3 is 5.97 Å². The maximum Gasteiger partial charge on any atom is 0.326 e. The maximum atomic E-state index is 11.8. The van der Waals surface area contributed by atoms with Gasteiger partial charge in [0.05, 0.1) is 20.3 Å². The van der Waals surface area contributed by atoms with Crippen molar-refractivity contribution in [2.75, 3.05) is 40.6 Å². The van der Waals surface area contributed by atoms with Gasteiger partial charge in [-0.2, -0.15) is 0 Å². The van der Waals surface area contributed by atoms with Gasteiger partial charge in [-0.3, -0.25) is 9.59 Å². The molecule has 1 heterocycles. The molecule has 1 saturated heterocycles. The average molecular weight is 231 g/mol. The van der Waals surface area contributed by atoms with E-state index in [2.05, 4.69) is 10.1 Å². The summed E-state index contributed by atoms with van der Waals surface area (Å²) in [6.45, 7) is 1.24. The normalized spacial score (nSPS) is 17.4. The number of esters is 1. The van der Waals surface area contributed by atoms with Gasteiger partial charge in [-0.15, -0.1) is 0 Å². The molecular weight excluding hydrogens is 214 g/mol. The molecule has 0 saturated carbocycles. The largest absolute Gasteiger partial charge is 0.468 e. The number of rotatable bonds is 6. The van der Waals surface area contributed by atoms with Crippen molar-refractivity contribution in [3.05, 3.63) is 0 Å². The molecule has 1 aliphatic rings. The SMILES string of the molecule is COCCCNC(=O)C1(C(=O)OC)COC1. The lowest BCUT2D eigenvalue weighted by Gasteiger charge is -2.36. The zero-order chi connectivity index (χ0) is 12.0. The standard InChI is InChI=1S/C10H17NO5/c1-14-5-3-4-11-8(12)10(6-16-7-10)9(13)15-2/h3-7H2,1-2H3,(H,11,12). The Labute approximate surface area is 94.2 Å². The van der Waals surface area contributed by atoms with E-state index in [0.29, 0.717) is 19.6 Å². The molecule has 0 radical (unpaired) electrons. The predicted molar refractivity (Wildman–Crippen MR) is 54.8 cm³/mol. The summed E-state index contributed by atoms with van der Waals surface area (Å²) in [7, 11) is 2.86. The minimum Gasteiger partial charge on any atom is -0.468 e. The Morgan fingerprint density at radius 3 is 2.50 bits per heavy atom. The predicted octanol–water partition coefficient (Wildman–Crippen LogP) is -0.671. The van der Waals surface area contributed by atoms with Gasteiger partial charge in [0, 0.05) is 20.3 Å². The molecule has 1 aliphatic heterocycles. The lowest BCUT2D eigenvalue weighted by Crippen LogP contribution is -2.59. The van der Waals surface area contributed by atoms with E-state index in [0.717, 1.165) is 0 Å². The highest BCUT2D eigenvalue weighted by Crippen LogP contribution is 2.29. The monoisotopic (exact) mass is 231 g/mol. The summed E-state index contributed by atoms with van der Waals surface area (Å²) in [5.41, 5.74) is -1.14. The zero-order valence-corrected chi connectivity index (χ0v) is 9.58. The first kappa shape index (κ1) is 12.9. The first-order valence-electron chi connectivity index (χ1n) is 5.11. The van der Waals surface area contributed by atoms with E-state index in [9.17, 15) is 9.59 Å². The number of hydrogen-bond acceptors (Lipinski definition) is 5. The lowest BCUT2D eigenvalue weighted by atomic mass is 9.85. The number of carbonyl (C=O) groups excluding carboxylic acids is 2. The topological polar surface area (TPSA) is 73.9 Å². The van der Waals surface area contributed by atoms with Crippen LogP contribution in [0.2, 0.25) is 0 Å². The van der Waals surface area contributed by atoms with Gasteiger partial charge in [0.1, 0.15) is 0 Å². The molecule has 0 aliphatic carbocycles. The van der Waals surface area contributed by atoms with Gasteiger partial charge in [0.15, 0.2) is 5.41 Å². The Morgan fingerprint density at radius 2 is 2.06 bits per heavy atom. The van der Waals surface area contributed by atoms with E-state index < -0.39 is 11.4 Å². The van der Waals surface area contributed by atoms with Crippen molar-refractivity contribution in [2.24, 2.45) is 5.41 Å². The molecule has 0 unspecified atom stereocenters. The molecule has 0 aromatic carbocycles. The Balaban J connectivity index is 2.41. The van der Waals surface area contributed by atoms with Crippen LogP contribution in [-0.4, -0.2) is 52.5 Å². The number of methoxy groups -OCH3 is 2. The minimum absolute atomic E-state index is 0.0930. The quantitative estimate of drug-likeness (QED) is 0.373. The smallest absolute Gasteiger partial charge is 0.326 e. The molecule has 1 N–H and O–H groups in total. The summed E-state index contributed by atoms with van der Waals surface area (Å²) >= 11 is 0. The van der Waals surface area contributed by atoms with Crippen LogP contribution in [0.15, 0.2) is 0 Å². The molecule has 0 aromatic heterocycles. The highest BCUT2D eigenvalue weighted by molar-refractivity contribution is 6.03. The highest BCUT2D eigenvalue weighted by atomic mass is 16.5. The Hall–Kier alpha value is -1.14. The first-order valence-corrected chi connectivity index (χ1v) is 5.11. The van der Waals surface area contributed by atoms with Crippen molar-refractivity contribution >= 4 is 11.9 Å². The van der Waals surface area contributed by atoms with Gasteiger partial charge in [0.2, 0.25) is 5.91 Å². The molecule has 0 spiro atoms. The van der Waals surface area contributed by atoms with E-state index in [1.807, 2.05) is 0 Å². The number of hydrogen-bond donors (Lipinski definition) is 1. The van der Waals surface area contributed by atoms with Crippen molar-refractivity contribution < 1.29 is 23.8 Å². The molecule has 6 nitrogen and oxygen atoms in total. The van der Waals surface area contributed by atoms with Crippen LogP contribution < -0.4 is 5.32 Å². The van der Waals surface area contributed by atoms with Crippen LogP contribution in [0.5, 0.6) is 0 Å². The molecule has 0 bridgehead atoms. The fourth-order valence-electron chi connectivity index (χ4n) is 1.43. The third-order valence-corrected chi connectivity index (χ3v) is 2.52. The number of nitrogens with one attached hydrogen (secondary N) is 1. The Morgan fingerprint density at radius 1 is 1.38 bits per heavy atom. The molecular formula is C10H17NO5. The van der Waals surface area contributed by atoms with Crippen LogP contribution in [0.3, 0.4) is 0 Å². The molecule has 1 amide bonds. The van der Waals surface area contributed by atoms with Gasteiger partial charge in [0.25, 0.3) is 0 Å². The Bertz CT molecular complexity index is 262. The van der Waals surface area contributed by atoms with E-state index in [1.54, 1.807) is 7.11 Å². The number of carbonyl (C=O) groups is 2. The number of amides is 1. The van der Waals surface area contributed by atoms with E-state index in [4.69, 9.17) is 9.47 Å². The molecule has 16 heavy (non-hydrogen) atoms. The minimum atomic E-state index is -1.14. The molecule has 6 heteroatoms. The van der Waals surface area contributed by atoms with Gasteiger partial charge < -0.3 is 19.5 Å². The fraction of sp³-hybridized carbons (Fsp3) is 0.800. The Kier molecular flexibility index (Phi) is 4.70. The summed E-state index contributed by atoms with van der Waals surface area (Å²) < 4.78 is 14.4. The second-order valence-electron chi connectivity index (χ2n) is 3.67. The van der Waals surface area contributed by atoms with Crippen molar-refractivity contribution in [2.45, 2.75) is 6.42 Å². The summed E-state index contributed by atoms with van der Waals surface area (Å²) in [5, 5.41) is 2.68. The summed E-state index contributed by atoms with van der Waals surface area (Å²) in [4.78, 5) is 23.2. The highest BCUT2D eigenvalue weighted by Gasteiger charge is 2.53. The summed E-state index contributed by atoms with van der Waals surface area (Å²) in [6, 6.07) is 0. The van der Waals surface area contributed by atoms with Gasteiger partial charge in [-0.25, -0.2) is 0 Å². The van der Waals surface area contributed by atoms with Gasteiger partial charge in [-0.05, 0) is 6.42 Å². The lowest BCUT2D eigenvalue weighted by molar-refractivity contribution is -0.188. The van der Waals surface area contributed by atoms with Crippen LogP contribution in [0.25, 0.3) is 0 Å². The number of ether oxygens (including phenoxy) is 3. The molecule has 92 valence electrons.